The summed E-state index contributed by atoms with van der Waals surface area (Å²) in [6.07, 6.45) is -20.9. The van der Waals surface area contributed by atoms with Crippen LogP contribution in [-0.2, 0) is 66.8 Å². The molecule has 0 saturated carbocycles. The van der Waals surface area contributed by atoms with Gasteiger partial charge >= 0.3 is 5.97 Å². The molecule has 0 unspecified atom stereocenters. The van der Waals surface area contributed by atoms with Crippen LogP contribution in [-0.4, -0.2) is 252 Å². The second-order valence-corrected chi connectivity index (χ2v) is 20.4. The van der Waals surface area contributed by atoms with E-state index in [-0.39, 0.29) is 103 Å². The number of ketones is 2. The number of carbonyl (C=O) groups is 7. The van der Waals surface area contributed by atoms with Crippen LogP contribution in [0.3, 0.4) is 0 Å². The minimum Gasteiger partial charge on any atom is -0.394 e. The van der Waals surface area contributed by atoms with E-state index >= 15 is 0 Å². The van der Waals surface area contributed by atoms with Crippen molar-refractivity contribution in [3.8, 4) is 0 Å². The van der Waals surface area contributed by atoms with E-state index in [2.05, 4.69) is 10.6 Å². The number of hydrogen-bond acceptors (Lipinski definition) is 26. The van der Waals surface area contributed by atoms with Gasteiger partial charge in [0.05, 0.1) is 26.2 Å². The molecular formula is C50H83N3O26. The first-order chi connectivity index (χ1) is 37.6. The zero-order valence-corrected chi connectivity index (χ0v) is 44.3. The van der Waals surface area contributed by atoms with Gasteiger partial charge in [-0.15, -0.1) is 5.06 Å². The first kappa shape index (κ1) is 67.7. The van der Waals surface area contributed by atoms with E-state index in [0.717, 1.165) is 0 Å². The zero-order chi connectivity index (χ0) is 58.2. The highest BCUT2D eigenvalue weighted by Crippen LogP contribution is 2.40. The second-order valence-electron chi connectivity index (χ2n) is 20.4. The minimum atomic E-state index is -1.62. The number of imide groups is 1. The van der Waals surface area contributed by atoms with Crippen molar-refractivity contribution in [3.63, 3.8) is 0 Å². The number of ether oxygens (including phenoxy) is 6. The Balaban J connectivity index is 1.37. The summed E-state index contributed by atoms with van der Waals surface area (Å²) in [5, 5.41) is 125. The Morgan fingerprint density at radius 3 is 1.27 bits per heavy atom. The first-order valence-electron chi connectivity index (χ1n) is 27.1. The van der Waals surface area contributed by atoms with Gasteiger partial charge in [-0.05, 0) is 63.2 Å². The molecule has 14 N–H and O–H groups in total. The van der Waals surface area contributed by atoms with Crippen LogP contribution in [0.4, 0.5) is 0 Å². The molecule has 0 bridgehead atoms. The van der Waals surface area contributed by atoms with Crippen molar-refractivity contribution >= 4 is 41.2 Å². The van der Waals surface area contributed by atoms with Gasteiger partial charge in [0.15, 0.2) is 18.9 Å². The Morgan fingerprint density at radius 1 is 0.468 bits per heavy atom. The Kier molecular flexibility index (Phi) is 29.6. The van der Waals surface area contributed by atoms with Gasteiger partial charge in [0.25, 0.3) is 11.8 Å². The van der Waals surface area contributed by atoms with Crippen molar-refractivity contribution in [2.24, 2.45) is 5.41 Å². The third-order valence-corrected chi connectivity index (χ3v) is 14.4. The average molecular weight is 1140 g/mol. The molecule has 15 atom stereocenters. The van der Waals surface area contributed by atoms with Crippen LogP contribution in [0.15, 0.2) is 0 Å². The highest BCUT2D eigenvalue weighted by Gasteiger charge is 2.46. The molecule has 0 aromatic carbocycles. The number of unbranched alkanes of at least 4 members (excludes halogenated alkanes) is 4. The van der Waals surface area contributed by atoms with Crippen LogP contribution in [0, 0.1) is 5.41 Å². The van der Waals surface area contributed by atoms with Crippen LogP contribution in [0.2, 0.25) is 0 Å². The molecule has 4 heterocycles. The van der Waals surface area contributed by atoms with Gasteiger partial charge in [0.2, 0.25) is 11.8 Å². The van der Waals surface area contributed by atoms with Crippen molar-refractivity contribution < 1.29 is 128 Å². The molecule has 4 fully saturated rings. The van der Waals surface area contributed by atoms with Crippen molar-refractivity contribution in [3.05, 3.63) is 0 Å². The first-order valence-corrected chi connectivity index (χ1v) is 27.1. The normalized spacial score (nSPS) is 30.3. The number of hydrogen-bond donors (Lipinski definition) is 14. The summed E-state index contributed by atoms with van der Waals surface area (Å²) in [5.74, 6) is -4.04. The molecule has 79 heavy (non-hydrogen) atoms. The fourth-order valence-corrected chi connectivity index (χ4v) is 9.38. The van der Waals surface area contributed by atoms with Crippen molar-refractivity contribution in [2.75, 3.05) is 52.7 Å². The molecule has 4 aliphatic rings. The van der Waals surface area contributed by atoms with Crippen molar-refractivity contribution in [1.82, 2.24) is 15.7 Å². The maximum atomic E-state index is 13.8. The standard InChI is InChI=1S/C50H83N3O26/c54-25-30-38(64)41(67)44(70)47(76-30)73-21-5-1-2-8-28(57)13-16-50(24-29(58)9-12-37(63)79-53-35(61)10-11-36(53)62,17-14-33(59)51-19-3-6-22-74-48-45(71)42(68)39(65)31(26-55)77-48)18-15-34(60)52-20-4-7-23-75-49-46(72)43(69)40(66)32(27-56)78-49/h30-32,38-49,54-56,64-72H,1-27H2,(H,51,59)(H,52,60)/t30-,31-,32-,38-,39-,40-,41+,42+,43+,44+,45+,46+,47+,48+,49+/m1/s1. The Labute approximate surface area is 456 Å². The Hall–Kier alpha value is -3.83. The van der Waals surface area contributed by atoms with Gasteiger partial charge in [0.1, 0.15) is 84.8 Å². The number of aliphatic hydroxyl groups excluding tert-OH is 12. The fourth-order valence-electron chi connectivity index (χ4n) is 9.38. The third kappa shape index (κ3) is 21.5. The molecule has 4 saturated heterocycles. The molecule has 0 aliphatic carbocycles. The number of aliphatic hydroxyl groups is 12. The molecule has 4 aliphatic heterocycles. The van der Waals surface area contributed by atoms with Gasteiger partial charge in [-0.25, -0.2) is 4.79 Å². The lowest BCUT2D eigenvalue weighted by molar-refractivity contribution is -0.301. The summed E-state index contributed by atoms with van der Waals surface area (Å²) >= 11 is 0. The molecule has 454 valence electrons. The lowest BCUT2D eigenvalue weighted by atomic mass is 9.70. The molecule has 29 heteroatoms. The summed E-state index contributed by atoms with van der Waals surface area (Å²) in [6, 6.07) is 0. The monoisotopic (exact) mass is 1140 g/mol. The predicted octanol–water partition coefficient (Wildman–Crippen LogP) is -4.97. The lowest BCUT2D eigenvalue weighted by Crippen LogP contribution is -2.59. The average Bonchev–Trinajstić information content (AvgIpc) is 3.82. The molecule has 4 rings (SSSR count). The van der Waals surface area contributed by atoms with Gasteiger partial charge in [-0.1, -0.05) is 6.42 Å². The smallest absolute Gasteiger partial charge is 0.333 e. The number of carbonyl (C=O) groups excluding carboxylic acids is 7. The number of Topliss-reactive ketones (excluding diaryl/α,β-unsaturated/α-hetero) is 2. The maximum Gasteiger partial charge on any atom is 0.333 e. The molecular weight excluding hydrogens is 1060 g/mol. The molecule has 4 amide bonds. The topological polar surface area (TPSA) is 454 Å². The SMILES string of the molecule is O=C(CCCCCO[C@H]1O[C@H](CO)[C@@H](O)[C@H](O)[C@@H]1O)CCC(CCC(=O)NCCCCO[C@H]1O[C@H](CO)[C@@H](O)[C@H](O)[C@@H]1O)(CCC(=O)NCCCCO[C@H]1O[C@H](CO)[C@@H](O)[C@H](O)[C@@H]1O)CC(=O)CCC(=O)ON1C(=O)CCC1=O. The largest absolute Gasteiger partial charge is 0.394 e. The number of amides is 4. The molecule has 0 radical (unpaired) electrons. The number of nitrogens with one attached hydrogen (secondary N) is 2. The van der Waals surface area contributed by atoms with Gasteiger partial charge in [0, 0.05) is 84.3 Å². The van der Waals surface area contributed by atoms with E-state index in [1.807, 2.05) is 0 Å². The van der Waals surface area contributed by atoms with Crippen LogP contribution in [0.25, 0.3) is 0 Å². The Bertz CT molecular complexity index is 1740. The number of hydroxylamine groups is 2. The van der Waals surface area contributed by atoms with Crippen LogP contribution in [0.5, 0.6) is 0 Å². The molecule has 0 aromatic rings. The van der Waals surface area contributed by atoms with Gasteiger partial charge < -0.3 is 105 Å². The summed E-state index contributed by atoms with van der Waals surface area (Å²) in [4.78, 5) is 95.9. The molecule has 0 spiro atoms. The van der Waals surface area contributed by atoms with E-state index < -0.39 is 166 Å². The predicted molar refractivity (Wildman–Crippen MR) is 263 cm³/mol. The van der Waals surface area contributed by atoms with E-state index in [9.17, 15) is 94.8 Å². The van der Waals surface area contributed by atoms with E-state index in [1.54, 1.807) is 0 Å². The van der Waals surface area contributed by atoms with Crippen LogP contribution in [0.1, 0.15) is 122 Å². The van der Waals surface area contributed by atoms with E-state index in [1.165, 1.54) is 0 Å². The van der Waals surface area contributed by atoms with Crippen LogP contribution < -0.4 is 10.6 Å². The highest BCUT2D eigenvalue weighted by molar-refractivity contribution is 6.01. The molecule has 0 aromatic heterocycles. The number of rotatable bonds is 37. The second kappa shape index (κ2) is 34.6. The van der Waals surface area contributed by atoms with Crippen LogP contribution >= 0.6 is 0 Å². The summed E-state index contributed by atoms with van der Waals surface area (Å²) < 4.78 is 32.6. The fraction of sp³-hybridized carbons (Fsp3) is 0.860. The highest BCUT2D eigenvalue weighted by atomic mass is 16.7. The van der Waals surface area contributed by atoms with E-state index in [4.69, 9.17) is 33.3 Å². The van der Waals surface area contributed by atoms with Crippen molar-refractivity contribution in [1.29, 1.82) is 0 Å². The quantitative estimate of drug-likeness (QED) is 0.0205. The van der Waals surface area contributed by atoms with E-state index in [0.29, 0.717) is 50.0 Å². The van der Waals surface area contributed by atoms with Crippen molar-refractivity contribution in [2.45, 2.75) is 214 Å². The molecule has 29 nitrogen and oxygen atoms in total. The van der Waals surface area contributed by atoms with Gasteiger partial charge in [-0.2, -0.15) is 0 Å². The third-order valence-electron chi connectivity index (χ3n) is 14.4. The maximum absolute atomic E-state index is 13.8. The summed E-state index contributed by atoms with van der Waals surface area (Å²) in [5.41, 5.74) is -1.18. The van der Waals surface area contributed by atoms with Gasteiger partial charge in [-0.3, -0.25) is 28.8 Å². The summed E-state index contributed by atoms with van der Waals surface area (Å²) in [7, 11) is 0. The Morgan fingerprint density at radius 2 is 0.861 bits per heavy atom. The summed E-state index contributed by atoms with van der Waals surface area (Å²) in [6.45, 7) is -1.55. The minimum absolute atomic E-state index is 0.00281. The lowest BCUT2D eigenvalue weighted by Gasteiger charge is -2.39. The number of nitrogens with zero attached hydrogens (tertiary/aromatic N) is 1. The zero-order valence-electron chi connectivity index (χ0n) is 44.3.